The molecule has 28 heavy (non-hydrogen) atoms. The molecule has 0 unspecified atom stereocenters. The van der Waals surface area contributed by atoms with Gasteiger partial charge in [0.15, 0.2) is 0 Å². The lowest BCUT2D eigenvalue weighted by Gasteiger charge is -2.35. The Balaban J connectivity index is 1.25. The first-order chi connectivity index (χ1) is 13.8. The van der Waals surface area contributed by atoms with Crippen molar-refractivity contribution in [3.63, 3.8) is 0 Å². The number of piperazine rings is 1. The summed E-state index contributed by atoms with van der Waals surface area (Å²) in [5, 5.41) is 0. The third-order valence-electron chi connectivity index (χ3n) is 5.42. The summed E-state index contributed by atoms with van der Waals surface area (Å²) < 4.78 is 10.8. The van der Waals surface area contributed by atoms with Crippen molar-refractivity contribution in [1.29, 1.82) is 0 Å². The van der Waals surface area contributed by atoms with Gasteiger partial charge in [0.2, 0.25) is 0 Å². The van der Waals surface area contributed by atoms with Crippen LogP contribution < -0.4 is 4.90 Å². The topological polar surface area (TPSA) is 45.0 Å². The molecule has 2 aromatic rings. The van der Waals surface area contributed by atoms with E-state index in [1.54, 1.807) is 6.26 Å². The highest BCUT2D eigenvalue weighted by atomic mass is 16.5. The van der Waals surface area contributed by atoms with Crippen LogP contribution in [0, 0.1) is 0 Å². The van der Waals surface area contributed by atoms with Crippen molar-refractivity contribution < 1.29 is 9.15 Å². The Kier molecular flexibility index (Phi) is 6.41. The molecule has 2 aliphatic rings. The Morgan fingerprint density at radius 3 is 2.54 bits per heavy atom. The molecule has 2 saturated heterocycles. The van der Waals surface area contributed by atoms with Crippen LogP contribution in [0.25, 0.3) is 6.08 Å². The van der Waals surface area contributed by atoms with E-state index in [0.717, 1.165) is 77.1 Å². The average Bonchev–Trinajstić information content (AvgIpc) is 3.23. The molecule has 0 N–H and O–H groups in total. The van der Waals surface area contributed by atoms with Gasteiger partial charge >= 0.3 is 0 Å². The van der Waals surface area contributed by atoms with Crippen LogP contribution in [0.4, 0.5) is 5.82 Å². The van der Waals surface area contributed by atoms with Crippen LogP contribution in [0.15, 0.2) is 46.7 Å². The van der Waals surface area contributed by atoms with Crippen molar-refractivity contribution in [1.82, 2.24) is 14.8 Å². The van der Waals surface area contributed by atoms with E-state index in [1.807, 2.05) is 18.3 Å². The molecule has 2 aromatic heterocycles. The predicted molar refractivity (Wildman–Crippen MR) is 111 cm³/mol. The van der Waals surface area contributed by atoms with Crippen LogP contribution in [0.2, 0.25) is 0 Å². The zero-order valence-electron chi connectivity index (χ0n) is 16.7. The summed E-state index contributed by atoms with van der Waals surface area (Å²) in [5.41, 5.74) is 2.61. The van der Waals surface area contributed by atoms with E-state index in [9.17, 15) is 0 Å². The quantitative estimate of drug-likeness (QED) is 0.766. The van der Waals surface area contributed by atoms with E-state index in [0.29, 0.717) is 0 Å². The van der Waals surface area contributed by atoms with Gasteiger partial charge in [-0.15, -0.1) is 0 Å². The molecule has 0 saturated carbocycles. The van der Waals surface area contributed by atoms with E-state index in [2.05, 4.69) is 39.8 Å². The Hall–Kier alpha value is -2.15. The van der Waals surface area contributed by atoms with Crippen LogP contribution in [-0.4, -0.2) is 73.8 Å². The predicted octanol–water partition coefficient (Wildman–Crippen LogP) is 2.73. The van der Waals surface area contributed by atoms with Crippen molar-refractivity contribution in [3.8, 4) is 0 Å². The Morgan fingerprint density at radius 2 is 1.86 bits per heavy atom. The summed E-state index contributed by atoms with van der Waals surface area (Å²) in [6.45, 7) is 12.0. The molecule has 6 nitrogen and oxygen atoms in total. The minimum atomic E-state index is 0.839. The molecule has 0 atom stereocenters. The fraction of sp³-hybridized carbons (Fsp3) is 0.500. The summed E-state index contributed by atoms with van der Waals surface area (Å²) >= 11 is 0. The molecule has 0 aromatic carbocycles. The molecule has 0 aliphatic carbocycles. The van der Waals surface area contributed by atoms with Gasteiger partial charge in [-0.3, -0.25) is 9.80 Å². The van der Waals surface area contributed by atoms with E-state index in [-0.39, 0.29) is 0 Å². The minimum Gasteiger partial charge on any atom is -0.465 e. The van der Waals surface area contributed by atoms with E-state index in [4.69, 9.17) is 14.1 Å². The lowest BCUT2D eigenvalue weighted by Crippen LogP contribution is -2.47. The molecule has 4 heterocycles. The maximum absolute atomic E-state index is 5.42. The van der Waals surface area contributed by atoms with E-state index in [1.165, 1.54) is 11.1 Å². The van der Waals surface area contributed by atoms with Gasteiger partial charge in [0.25, 0.3) is 0 Å². The number of ether oxygens (including phenoxy) is 1. The number of rotatable bonds is 6. The zero-order valence-corrected chi connectivity index (χ0v) is 16.7. The molecule has 0 bridgehead atoms. The lowest BCUT2D eigenvalue weighted by molar-refractivity contribution is 0.0341. The standard InChI is InChI=1S/C22H30N4O2/c1-19(15-21-3-2-12-28-21)17-24-6-8-26(9-7-24)22-5-4-20(16-23-22)18-25-10-13-27-14-11-25/h2-5,12,15-16H,6-11,13-14,17-18H2,1H3/b19-15+. The first kappa shape index (κ1) is 19.2. The maximum Gasteiger partial charge on any atom is 0.128 e. The highest BCUT2D eigenvalue weighted by Crippen LogP contribution is 2.16. The molecule has 0 radical (unpaired) electrons. The molecule has 2 aliphatic heterocycles. The Bertz CT molecular complexity index is 743. The molecule has 0 amide bonds. The first-order valence-electron chi connectivity index (χ1n) is 10.2. The fourth-order valence-electron chi connectivity index (χ4n) is 3.86. The number of anilines is 1. The summed E-state index contributed by atoms with van der Waals surface area (Å²) in [4.78, 5) is 12.0. The van der Waals surface area contributed by atoms with Gasteiger partial charge in [-0.2, -0.15) is 0 Å². The smallest absolute Gasteiger partial charge is 0.128 e. The highest BCUT2D eigenvalue weighted by molar-refractivity contribution is 5.47. The van der Waals surface area contributed by atoms with Crippen LogP contribution >= 0.6 is 0 Å². The van der Waals surface area contributed by atoms with Gasteiger partial charge in [0.1, 0.15) is 11.6 Å². The SMILES string of the molecule is C/C(=C\c1ccco1)CN1CCN(c2ccc(CN3CCOCC3)cn2)CC1. The van der Waals surface area contributed by atoms with Gasteiger partial charge < -0.3 is 14.1 Å². The van der Waals surface area contributed by atoms with Gasteiger partial charge in [0.05, 0.1) is 19.5 Å². The normalized spacial score (nSPS) is 19.9. The van der Waals surface area contributed by atoms with E-state index < -0.39 is 0 Å². The minimum absolute atomic E-state index is 0.839. The van der Waals surface area contributed by atoms with Gasteiger partial charge in [0, 0.05) is 58.6 Å². The number of furan rings is 1. The average molecular weight is 383 g/mol. The fourth-order valence-corrected chi connectivity index (χ4v) is 3.86. The molecular weight excluding hydrogens is 352 g/mol. The Labute approximate surface area is 167 Å². The van der Waals surface area contributed by atoms with Crippen LogP contribution in [0.5, 0.6) is 0 Å². The van der Waals surface area contributed by atoms with Gasteiger partial charge in [-0.05, 0) is 36.8 Å². The largest absolute Gasteiger partial charge is 0.465 e. The van der Waals surface area contributed by atoms with Crippen molar-refractivity contribution in [2.75, 3.05) is 63.9 Å². The van der Waals surface area contributed by atoms with Crippen molar-refractivity contribution in [2.24, 2.45) is 0 Å². The number of pyridine rings is 1. The monoisotopic (exact) mass is 382 g/mol. The first-order valence-corrected chi connectivity index (χ1v) is 10.2. The maximum atomic E-state index is 5.42. The molecule has 4 rings (SSSR count). The van der Waals surface area contributed by atoms with Crippen LogP contribution in [-0.2, 0) is 11.3 Å². The summed E-state index contributed by atoms with van der Waals surface area (Å²) in [5.74, 6) is 2.02. The third kappa shape index (κ3) is 5.22. The molecule has 150 valence electrons. The number of aromatic nitrogens is 1. The summed E-state index contributed by atoms with van der Waals surface area (Å²) in [6.07, 6.45) is 5.88. The second kappa shape index (κ2) is 9.37. The number of hydrogen-bond donors (Lipinski definition) is 0. The number of morpholine rings is 1. The second-order valence-corrected chi connectivity index (χ2v) is 7.68. The van der Waals surface area contributed by atoms with Crippen molar-refractivity contribution in [2.45, 2.75) is 13.5 Å². The molecular formula is C22H30N4O2. The zero-order chi connectivity index (χ0) is 19.2. The summed E-state index contributed by atoms with van der Waals surface area (Å²) in [6, 6.07) is 8.32. The van der Waals surface area contributed by atoms with Crippen LogP contribution in [0.1, 0.15) is 18.2 Å². The van der Waals surface area contributed by atoms with E-state index >= 15 is 0 Å². The Morgan fingerprint density at radius 1 is 1.04 bits per heavy atom. The molecule has 2 fully saturated rings. The lowest BCUT2D eigenvalue weighted by atomic mass is 10.2. The van der Waals surface area contributed by atoms with Crippen LogP contribution in [0.3, 0.4) is 0 Å². The molecule has 6 heteroatoms. The number of hydrogen-bond acceptors (Lipinski definition) is 6. The third-order valence-corrected chi connectivity index (χ3v) is 5.42. The molecule has 0 spiro atoms. The van der Waals surface area contributed by atoms with Gasteiger partial charge in [-0.25, -0.2) is 4.98 Å². The highest BCUT2D eigenvalue weighted by Gasteiger charge is 2.18. The van der Waals surface area contributed by atoms with Gasteiger partial charge in [-0.1, -0.05) is 11.6 Å². The second-order valence-electron chi connectivity index (χ2n) is 7.68. The number of nitrogens with zero attached hydrogens (tertiary/aromatic N) is 4. The van der Waals surface area contributed by atoms with Crippen molar-refractivity contribution in [3.05, 3.63) is 53.6 Å². The van der Waals surface area contributed by atoms with Crippen molar-refractivity contribution >= 4 is 11.9 Å². The summed E-state index contributed by atoms with van der Waals surface area (Å²) in [7, 11) is 0.